The largest absolute Gasteiger partial charge is 1.00 e. The van der Waals surface area contributed by atoms with Gasteiger partial charge >= 0.3 is 0 Å². The predicted molar refractivity (Wildman–Crippen MR) is 90.1 cm³/mol. The Kier molecular flexibility index (Phi) is 16.0. The summed E-state index contributed by atoms with van der Waals surface area (Å²) in [5, 5.41) is 9.49. The molecule has 4 heteroatoms. The van der Waals surface area contributed by atoms with Crippen molar-refractivity contribution >= 4 is 11.6 Å². The molecule has 2 unspecified atom stereocenters. The van der Waals surface area contributed by atoms with Crippen LogP contribution in [-0.4, -0.2) is 41.8 Å². The van der Waals surface area contributed by atoms with Gasteiger partial charge in [0.1, 0.15) is 12.6 Å². The molecule has 0 bridgehead atoms. The van der Waals surface area contributed by atoms with Crippen molar-refractivity contribution in [2.75, 3.05) is 20.6 Å². The first-order valence-electron chi connectivity index (χ1n) is 8.55. The zero-order chi connectivity index (χ0) is 15.4. The Bertz CT molecular complexity index is 223. The van der Waals surface area contributed by atoms with E-state index in [1.165, 1.54) is 57.8 Å². The molecule has 2 nitrogen and oxygen atoms in total. The Morgan fingerprint density at radius 3 is 1.76 bits per heavy atom. The first-order chi connectivity index (χ1) is 9.40. The fraction of sp³-hybridized carbons (Fsp3) is 1.00. The highest BCUT2D eigenvalue weighted by Crippen LogP contribution is 2.20. The molecule has 0 radical (unpaired) electrons. The number of quaternary nitrogens is 1. The lowest BCUT2D eigenvalue weighted by Crippen LogP contribution is -3.00. The Morgan fingerprint density at radius 2 is 1.33 bits per heavy atom. The average Bonchev–Trinajstić information content (AvgIpc) is 2.35. The van der Waals surface area contributed by atoms with Gasteiger partial charge in [0.15, 0.2) is 5.50 Å². The molecule has 0 aromatic carbocycles. The van der Waals surface area contributed by atoms with Crippen LogP contribution in [0.3, 0.4) is 0 Å². The smallest absolute Gasteiger partial charge is 0.164 e. The summed E-state index contributed by atoms with van der Waals surface area (Å²) >= 11 is 6.47. The molecule has 0 saturated heterocycles. The van der Waals surface area contributed by atoms with E-state index in [9.17, 15) is 5.11 Å². The summed E-state index contributed by atoms with van der Waals surface area (Å²) in [5.74, 6) is 0. The molecule has 0 heterocycles. The van der Waals surface area contributed by atoms with Crippen LogP contribution in [0, 0.1) is 0 Å². The van der Waals surface area contributed by atoms with E-state index in [1.807, 2.05) is 6.92 Å². The zero-order valence-electron chi connectivity index (χ0n) is 14.6. The summed E-state index contributed by atoms with van der Waals surface area (Å²) in [6, 6.07) is 0. The Morgan fingerprint density at radius 1 is 0.905 bits per heavy atom. The van der Waals surface area contributed by atoms with Gasteiger partial charge in [-0.15, -0.1) is 0 Å². The monoisotopic (exact) mass is 341 g/mol. The van der Waals surface area contributed by atoms with E-state index in [-0.39, 0.29) is 24.0 Å². The molecule has 0 spiro atoms. The first-order valence-corrected chi connectivity index (χ1v) is 8.98. The second-order valence-corrected chi connectivity index (χ2v) is 7.37. The van der Waals surface area contributed by atoms with Gasteiger partial charge in [0, 0.05) is 6.42 Å². The van der Waals surface area contributed by atoms with Crippen molar-refractivity contribution in [3.63, 3.8) is 0 Å². The van der Waals surface area contributed by atoms with Gasteiger partial charge in [0.2, 0.25) is 0 Å². The summed E-state index contributed by atoms with van der Waals surface area (Å²) in [4.78, 5) is 0. The van der Waals surface area contributed by atoms with Crippen molar-refractivity contribution < 1.29 is 22.0 Å². The maximum Gasteiger partial charge on any atom is 0.164 e. The third kappa shape index (κ3) is 13.9. The molecule has 130 valence electrons. The average molecular weight is 342 g/mol. The van der Waals surface area contributed by atoms with Gasteiger partial charge in [-0.1, -0.05) is 69.9 Å². The number of aliphatic hydroxyl groups excluding tert-OH is 1. The van der Waals surface area contributed by atoms with Gasteiger partial charge in [-0.3, -0.25) is 0 Å². The van der Waals surface area contributed by atoms with Gasteiger partial charge < -0.3 is 22.0 Å². The lowest BCUT2D eigenvalue weighted by Gasteiger charge is -2.35. The van der Waals surface area contributed by atoms with Crippen LogP contribution in [0.15, 0.2) is 0 Å². The number of unbranched alkanes of at least 4 members (excludes halogenated alkanes) is 8. The molecule has 0 aromatic heterocycles. The lowest BCUT2D eigenvalue weighted by atomic mass is 10.1. The lowest BCUT2D eigenvalue weighted by molar-refractivity contribution is -0.905. The number of hydrogen-bond acceptors (Lipinski definition) is 1. The normalized spacial score (nSPS) is 14.6. The van der Waals surface area contributed by atoms with E-state index in [4.69, 9.17) is 11.6 Å². The van der Waals surface area contributed by atoms with Crippen molar-refractivity contribution in [2.45, 2.75) is 89.7 Å². The number of hydrogen-bond donors (Lipinski definition) is 1. The van der Waals surface area contributed by atoms with Gasteiger partial charge in [0.25, 0.3) is 0 Å². The molecule has 0 aromatic rings. The molecule has 0 saturated carbocycles. The topological polar surface area (TPSA) is 20.2 Å². The standard InChI is InChI=1S/C17H37ClNO.ClH/c1-5-6-7-8-9-10-11-12-13-14-17(18)19(3,4)15-16(2)20;/h16-17,20H,5-15H2,1-4H3;1H/q+1;/p-1. The highest BCUT2D eigenvalue weighted by Gasteiger charge is 2.26. The minimum absolute atomic E-state index is 0. The first kappa shape index (κ1) is 23.8. The molecule has 0 aliphatic rings. The third-order valence-electron chi connectivity index (χ3n) is 4.04. The fourth-order valence-electron chi connectivity index (χ4n) is 2.77. The molecule has 2 atom stereocenters. The van der Waals surface area contributed by atoms with Crippen LogP contribution in [0.4, 0.5) is 0 Å². The van der Waals surface area contributed by atoms with E-state index < -0.39 is 0 Å². The van der Waals surface area contributed by atoms with E-state index in [0.717, 1.165) is 13.0 Å². The highest BCUT2D eigenvalue weighted by atomic mass is 35.5. The summed E-state index contributed by atoms with van der Waals surface area (Å²) in [6.45, 7) is 4.83. The van der Waals surface area contributed by atoms with Crippen molar-refractivity contribution in [3.8, 4) is 0 Å². The van der Waals surface area contributed by atoms with E-state index in [2.05, 4.69) is 21.0 Å². The molecule has 0 rings (SSSR count). The minimum Gasteiger partial charge on any atom is -1.00 e. The molecule has 1 N–H and O–H groups in total. The van der Waals surface area contributed by atoms with Crippen LogP contribution < -0.4 is 12.4 Å². The van der Waals surface area contributed by atoms with Crippen LogP contribution in [0.1, 0.15) is 78.1 Å². The SMILES string of the molecule is CCCCCCCCCCCC(Cl)[N+](C)(C)CC(C)O.[Cl-]. The zero-order valence-corrected chi connectivity index (χ0v) is 16.1. The Labute approximate surface area is 144 Å². The fourth-order valence-corrected chi connectivity index (χ4v) is 3.00. The summed E-state index contributed by atoms with van der Waals surface area (Å²) in [5.41, 5.74) is 0.120. The summed E-state index contributed by atoms with van der Waals surface area (Å²) in [6.07, 6.45) is 12.9. The van der Waals surface area contributed by atoms with E-state index in [1.54, 1.807) is 0 Å². The predicted octanol–water partition coefficient (Wildman–Crippen LogP) is 1.93. The minimum atomic E-state index is -0.283. The second-order valence-electron chi connectivity index (χ2n) is 6.86. The molecular weight excluding hydrogens is 305 g/mol. The number of aliphatic hydroxyl groups is 1. The maximum absolute atomic E-state index is 9.49. The van der Waals surface area contributed by atoms with Gasteiger partial charge in [0.05, 0.1) is 14.1 Å². The van der Waals surface area contributed by atoms with Crippen LogP contribution in [0.25, 0.3) is 0 Å². The Balaban J connectivity index is 0. The number of rotatable bonds is 13. The highest BCUT2D eigenvalue weighted by molar-refractivity contribution is 6.19. The maximum atomic E-state index is 9.49. The molecule has 0 amide bonds. The van der Waals surface area contributed by atoms with Gasteiger partial charge in [-0.2, -0.15) is 0 Å². The summed E-state index contributed by atoms with van der Waals surface area (Å²) < 4.78 is 0.705. The van der Waals surface area contributed by atoms with E-state index >= 15 is 0 Å². The number of nitrogens with zero attached hydrogens (tertiary/aromatic N) is 1. The molecule has 0 fully saturated rings. The Hall–Kier alpha value is 0.500. The molecular formula is C17H37Cl2NO. The third-order valence-corrected chi connectivity index (χ3v) is 4.79. The molecule has 21 heavy (non-hydrogen) atoms. The quantitative estimate of drug-likeness (QED) is 0.235. The number of likely N-dealkylation sites (N-methyl/N-ethyl adjacent to an activating group) is 1. The van der Waals surface area contributed by atoms with Gasteiger partial charge in [-0.05, 0) is 13.3 Å². The second kappa shape index (κ2) is 14.1. The van der Waals surface area contributed by atoms with Crippen molar-refractivity contribution in [1.82, 2.24) is 0 Å². The van der Waals surface area contributed by atoms with Crippen molar-refractivity contribution in [2.24, 2.45) is 0 Å². The summed E-state index contributed by atoms with van der Waals surface area (Å²) in [7, 11) is 4.22. The number of halogens is 2. The van der Waals surface area contributed by atoms with Gasteiger partial charge in [-0.25, -0.2) is 0 Å². The van der Waals surface area contributed by atoms with E-state index in [0.29, 0.717) is 4.48 Å². The van der Waals surface area contributed by atoms with Crippen LogP contribution in [-0.2, 0) is 0 Å². The number of alkyl halides is 1. The molecule has 0 aliphatic heterocycles. The molecule has 0 aliphatic carbocycles. The van der Waals surface area contributed by atoms with Crippen molar-refractivity contribution in [1.29, 1.82) is 0 Å². The van der Waals surface area contributed by atoms with Crippen LogP contribution >= 0.6 is 11.6 Å². The van der Waals surface area contributed by atoms with Crippen molar-refractivity contribution in [3.05, 3.63) is 0 Å². The van der Waals surface area contributed by atoms with Crippen LogP contribution in [0.5, 0.6) is 0 Å². The van der Waals surface area contributed by atoms with Crippen LogP contribution in [0.2, 0.25) is 0 Å².